The van der Waals surface area contributed by atoms with Gasteiger partial charge in [-0.3, -0.25) is 9.59 Å². The van der Waals surface area contributed by atoms with E-state index < -0.39 is 51.3 Å². The molecule has 0 radical (unpaired) electrons. The van der Waals surface area contributed by atoms with E-state index in [4.69, 9.17) is 4.74 Å². The third kappa shape index (κ3) is 4.91. The van der Waals surface area contributed by atoms with Gasteiger partial charge in [0, 0.05) is 23.1 Å². The highest BCUT2D eigenvalue weighted by Gasteiger charge is 2.56. The van der Waals surface area contributed by atoms with E-state index in [1.165, 1.54) is 36.1 Å². The van der Waals surface area contributed by atoms with E-state index in [9.17, 15) is 35.6 Å². The van der Waals surface area contributed by atoms with Crippen LogP contribution in [0.15, 0.2) is 47.4 Å². The van der Waals surface area contributed by atoms with Crippen LogP contribution in [0.2, 0.25) is 0 Å². The Kier molecular flexibility index (Phi) is 6.75. The number of benzene rings is 2. The first-order chi connectivity index (χ1) is 17.9. The van der Waals surface area contributed by atoms with Gasteiger partial charge in [-0.25, -0.2) is 12.8 Å². The largest absolute Gasteiger partial charge is 0.416 e. The first-order valence-corrected chi connectivity index (χ1v) is 14.0. The number of piperidine rings is 1. The van der Waals surface area contributed by atoms with Crippen LogP contribution in [0.25, 0.3) is 0 Å². The van der Waals surface area contributed by atoms with Gasteiger partial charge in [0.25, 0.3) is 5.91 Å². The molecule has 5 rings (SSSR count). The lowest BCUT2D eigenvalue weighted by molar-refractivity contribution is -0.138. The lowest BCUT2D eigenvalue weighted by Crippen LogP contribution is -2.51. The number of nitrogens with one attached hydrogen (secondary N) is 1. The number of halogens is 4. The number of carbonyl (C=O) groups excluding carboxylic acids is 2. The number of fused-ring (bicyclic) bond motifs is 1. The van der Waals surface area contributed by atoms with Crippen molar-refractivity contribution in [2.45, 2.75) is 49.0 Å². The highest BCUT2D eigenvalue weighted by molar-refractivity contribution is 7.91. The van der Waals surface area contributed by atoms with Gasteiger partial charge in [0.05, 0.1) is 35.5 Å². The number of amides is 2. The van der Waals surface area contributed by atoms with E-state index in [0.29, 0.717) is 12.5 Å². The second-order valence-electron chi connectivity index (χ2n) is 9.98. The molecule has 2 aromatic carbocycles. The highest BCUT2D eigenvalue weighted by atomic mass is 32.2. The zero-order valence-corrected chi connectivity index (χ0v) is 21.2. The summed E-state index contributed by atoms with van der Waals surface area (Å²) in [5.41, 5.74) is -1.07. The molecule has 3 aliphatic rings. The number of rotatable bonds is 7. The van der Waals surface area contributed by atoms with Gasteiger partial charge in [-0.15, -0.1) is 0 Å². The van der Waals surface area contributed by atoms with Gasteiger partial charge in [-0.05, 0) is 49.1 Å². The van der Waals surface area contributed by atoms with Crippen molar-refractivity contribution in [3.05, 3.63) is 65.0 Å². The fraction of sp³-hybridized carbons (Fsp3) is 0.462. The first-order valence-electron chi connectivity index (χ1n) is 12.3. The molecule has 2 heterocycles. The maximum Gasteiger partial charge on any atom is 0.416 e. The van der Waals surface area contributed by atoms with Crippen molar-refractivity contribution in [2.75, 3.05) is 19.0 Å². The molecule has 2 saturated heterocycles. The lowest BCUT2D eigenvalue weighted by Gasteiger charge is -2.36. The van der Waals surface area contributed by atoms with E-state index in [1.54, 1.807) is 0 Å². The van der Waals surface area contributed by atoms with Gasteiger partial charge in [-0.1, -0.05) is 19.1 Å². The molecule has 1 aliphatic carbocycles. The summed E-state index contributed by atoms with van der Waals surface area (Å²) in [6.45, 7) is 1.90. The molecule has 2 aromatic rings. The Morgan fingerprint density at radius 1 is 1.13 bits per heavy atom. The fourth-order valence-electron chi connectivity index (χ4n) is 5.22. The van der Waals surface area contributed by atoms with E-state index in [-0.39, 0.29) is 52.9 Å². The van der Waals surface area contributed by atoms with Crippen molar-refractivity contribution in [3.63, 3.8) is 0 Å². The van der Waals surface area contributed by atoms with Crippen LogP contribution in [0.3, 0.4) is 0 Å². The van der Waals surface area contributed by atoms with Crippen molar-refractivity contribution in [3.8, 4) is 0 Å². The van der Waals surface area contributed by atoms with Crippen LogP contribution in [0, 0.1) is 17.7 Å². The van der Waals surface area contributed by atoms with E-state index >= 15 is 0 Å². The molecular formula is C26H26F4N2O5S. The number of likely N-dealkylation sites (tertiary alicyclic amines) is 1. The molecule has 0 unspecified atom stereocenters. The van der Waals surface area contributed by atoms with Gasteiger partial charge < -0.3 is 15.0 Å². The molecule has 204 valence electrons. The average Bonchev–Trinajstić information content (AvgIpc) is 3.50. The Balaban J connectivity index is 1.39. The normalized spacial score (nSPS) is 23.9. The Hall–Kier alpha value is -2.99. The van der Waals surface area contributed by atoms with Crippen LogP contribution >= 0.6 is 0 Å². The number of sulfone groups is 1. The van der Waals surface area contributed by atoms with Crippen LogP contribution in [0.4, 0.5) is 17.6 Å². The van der Waals surface area contributed by atoms with Crippen LogP contribution in [0.5, 0.6) is 0 Å². The summed E-state index contributed by atoms with van der Waals surface area (Å²) in [6, 6.07) is 5.91. The molecule has 2 aliphatic heterocycles. The number of ether oxygens (including phenoxy) is 1. The maximum absolute atomic E-state index is 14.8. The summed E-state index contributed by atoms with van der Waals surface area (Å²) < 4.78 is 83.7. The van der Waals surface area contributed by atoms with Crippen LogP contribution in [-0.4, -0.2) is 56.2 Å². The maximum atomic E-state index is 14.8. The minimum atomic E-state index is -4.71. The zero-order chi connectivity index (χ0) is 27.4. The number of nitrogens with zero attached hydrogens (tertiary/aromatic N) is 1. The van der Waals surface area contributed by atoms with Gasteiger partial charge in [0.1, 0.15) is 11.9 Å². The molecule has 0 bridgehead atoms. The number of hydrogen-bond acceptors (Lipinski definition) is 5. The quantitative estimate of drug-likeness (QED) is 0.527. The minimum absolute atomic E-state index is 0.0150. The molecule has 2 amide bonds. The van der Waals surface area contributed by atoms with E-state index in [1.807, 2.05) is 0 Å². The predicted octanol–water partition coefficient (Wildman–Crippen LogP) is 3.75. The SMILES string of the molecule is CCS(=O)(=O)c1cccc(C(=O)N2[C@@H](C(=O)N[C@@H](c3ccc(C(F)(F)F)cc3F)C3COC3)C[C@H]3C[C@H]32)c1. The summed E-state index contributed by atoms with van der Waals surface area (Å²) in [7, 11) is -3.55. The number of alkyl halides is 3. The van der Waals surface area contributed by atoms with E-state index in [0.717, 1.165) is 18.6 Å². The van der Waals surface area contributed by atoms with Gasteiger partial charge in [-0.2, -0.15) is 13.2 Å². The Labute approximate surface area is 217 Å². The minimum Gasteiger partial charge on any atom is -0.381 e. The molecule has 12 heteroatoms. The fourth-order valence-corrected chi connectivity index (χ4v) is 6.15. The Bertz CT molecular complexity index is 1380. The summed E-state index contributed by atoms with van der Waals surface area (Å²) in [5.74, 6) is -2.47. The summed E-state index contributed by atoms with van der Waals surface area (Å²) >= 11 is 0. The van der Waals surface area contributed by atoms with Crippen molar-refractivity contribution in [1.82, 2.24) is 10.2 Å². The molecular weight excluding hydrogens is 528 g/mol. The molecule has 0 spiro atoms. The average molecular weight is 555 g/mol. The Morgan fingerprint density at radius 2 is 1.87 bits per heavy atom. The van der Waals surface area contributed by atoms with Crippen LogP contribution < -0.4 is 5.32 Å². The third-order valence-corrected chi connectivity index (χ3v) is 9.29. The smallest absolute Gasteiger partial charge is 0.381 e. The van der Waals surface area contributed by atoms with Crippen molar-refractivity contribution >= 4 is 21.7 Å². The van der Waals surface area contributed by atoms with Crippen LogP contribution in [-0.2, 0) is 25.5 Å². The highest BCUT2D eigenvalue weighted by Crippen LogP contribution is 2.48. The van der Waals surface area contributed by atoms with Crippen LogP contribution in [0.1, 0.15) is 47.3 Å². The van der Waals surface area contributed by atoms with Crippen molar-refractivity contribution in [2.24, 2.45) is 11.8 Å². The predicted molar refractivity (Wildman–Crippen MR) is 127 cm³/mol. The van der Waals surface area contributed by atoms with Gasteiger partial charge in [0.2, 0.25) is 5.91 Å². The second kappa shape index (κ2) is 9.64. The molecule has 7 nitrogen and oxygen atoms in total. The first kappa shape index (κ1) is 26.6. The van der Waals surface area contributed by atoms with E-state index in [2.05, 4.69) is 5.32 Å². The topological polar surface area (TPSA) is 92.8 Å². The molecule has 38 heavy (non-hydrogen) atoms. The molecule has 0 aromatic heterocycles. The number of carbonyl (C=O) groups is 2. The summed E-state index contributed by atoms with van der Waals surface area (Å²) in [6.07, 6.45) is -3.61. The molecule has 1 N–H and O–H groups in total. The summed E-state index contributed by atoms with van der Waals surface area (Å²) in [5, 5.41) is 2.77. The third-order valence-electron chi connectivity index (χ3n) is 7.56. The van der Waals surface area contributed by atoms with Gasteiger partial charge in [0.15, 0.2) is 9.84 Å². The molecule has 4 atom stereocenters. The van der Waals surface area contributed by atoms with Crippen molar-refractivity contribution < 1.29 is 40.3 Å². The van der Waals surface area contributed by atoms with Crippen molar-refractivity contribution in [1.29, 1.82) is 0 Å². The second-order valence-corrected chi connectivity index (χ2v) is 12.3. The molecule has 3 fully saturated rings. The number of hydrogen-bond donors (Lipinski definition) is 1. The lowest BCUT2D eigenvalue weighted by atomic mass is 9.90. The Morgan fingerprint density at radius 3 is 2.47 bits per heavy atom. The monoisotopic (exact) mass is 554 g/mol. The summed E-state index contributed by atoms with van der Waals surface area (Å²) in [4.78, 5) is 28.4. The van der Waals surface area contributed by atoms with Gasteiger partial charge >= 0.3 is 6.18 Å². The zero-order valence-electron chi connectivity index (χ0n) is 20.4. The molecule has 1 saturated carbocycles. The standard InChI is InChI=1S/C26H26F4N2O5S/c1-2-38(35,36)18-5-3-4-14(8-18)25(34)32-21-9-15(21)10-22(32)24(33)31-23(16-12-37-13-16)19-7-6-17(11-20(19)27)26(28,29)30/h3-8,11,15-16,21-23H,2,9-10,12-13H2,1H3,(H,31,33)/t15-,21-,22-,23-/m1/s1.